The summed E-state index contributed by atoms with van der Waals surface area (Å²) >= 11 is 0. The smallest absolute Gasteiger partial charge is 0.331 e. The van der Waals surface area contributed by atoms with Crippen LogP contribution >= 0.6 is 0 Å². The molecule has 0 spiro atoms. The van der Waals surface area contributed by atoms with E-state index in [0.717, 1.165) is 30.4 Å². The summed E-state index contributed by atoms with van der Waals surface area (Å²) in [7, 11) is 1.62. The Kier molecular flexibility index (Phi) is 6.35. The van der Waals surface area contributed by atoms with Crippen LogP contribution in [-0.4, -0.2) is 36.0 Å². The van der Waals surface area contributed by atoms with Gasteiger partial charge in [0.05, 0.1) is 6.07 Å². The van der Waals surface area contributed by atoms with Crippen LogP contribution in [0.5, 0.6) is 0 Å². The van der Waals surface area contributed by atoms with Gasteiger partial charge in [0.25, 0.3) is 5.91 Å². The van der Waals surface area contributed by atoms with Gasteiger partial charge in [-0.3, -0.25) is 4.79 Å². The van der Waals surface area contributed by atoms with Crippen LogP contribution in [0.25, 0.3) is 6.08 Å². The first kappa shape index (κ1) is 18.7. The normalized spacial score (nSPS) is 16.2. The van der Waals surface area contributed by atoms with Crippen molar-refractivity contribution >= 4 is 18.0 Å². The van der Waals surface area contributed by atoms with Crippen LogP contribution in [0, 0.1) is 18.3 Å². The number of nitriles is 1. The van der Waals surface area contributed by atoms with Crippen LogP contribution < -0.4 is 0 Å². The number of hydrogen-bond acceptors (Lipinski definition) is 4. The van der Waals surface area contributed by atoms with Crippen LogP contribution in [0.1, 0.15) is 43.2 Å². The van der Waals surface area contributed by atoms with Gasteiger partial charge in [-0.05, 0) is 31.4 Å². The second-order valence-corrected chi connectivity index (χ2v) is 6.51. The van der Waals surface area contributed by atoms with Gasteiger partial charge in [0.2, 0.25) is 0 Å². The fraction of sp³-hybridized carbons (Fsp3) is 0.450. The third kappa shape index (κ3) is 4.93. The van der Waals surface area contributed by atoms with E-state index in [4.69, 9.17) is 4.74 Å². The van der Waals surface area contributed by atoms with Gasteiger partial charge < -0.3 is 9.64 Å². The zero-order chi connectivity index (χ0) is 18.3. The number of ether oxygens (including phenoxy) is 1. The van der Waals surface area contributed by atoms with Crippen molar-refractivity contribution < 1.29 is 14.3 Å². The molecule has 0 radical (unpaired) electrons. The van der Waals surface area contributed by atoms with Crippen LogP contribution in [0.15, 0.2) is 30.3 Å². The minimum Gasteiger partial charge on any atom is -0.452 e. The summed E-state index contributed by atoms with van der Waals surface area (Å²) in [5.74, 6) is -0.918. The minimum absolute atomic E-state index is 0.347. The Balaban J connectivity index is 1.88. The number of likely N-dealkylation sites (N-methyl/N-ethyl adjacent to an activating group) is 1. The van der Waals surface area contributed by atoms with E-state index in [1.54, 1.807) is 13.1 Å². The molecule has 25 heavy (non-hydrogen) atoms. The predicted molar refractivity (Wildman–Crippen MR) is 95.4 cm³/mol. The average molecular weight is 340 g/mol. The van der Waals surface area contributed by atoms with Gasteiger partial charge in [0.15, 0.2) is 6.61 Å². The second kappa shape index (κ2) is 8.48. The maximum Gasteiger partial charge on any atom is 0.331 e. The van der Waals surface area contributed by atoms with E-state index in [1.807, 2.05) is 31.2 Å². The van der Waals surface area contributed by atoms with Crippen LogP contribution in [0.4, 0.5) is 0 Å². The van der Waals surface area contributed by atoms with Crippen LogP contribution in [0.3, 0.4) is 0 Å². The molecular weight excluding hydrogens is 316 g/mol. The van der Waals surface area contributed by atoms with Crippen LogP contribution in [0.2, 0.25) is 0 Å². The van der Waals surface area contributed by atoms with Crippen molar-refractivity contribution in [2.45, 2.75) is 44.6 Å². The Bertz CT molecular complexity index is 697. The van der Waals surface area contributed by atoms with Crippen molar-refractivity contribution in [3.8, 4) is 6.07 Å². The van der Waals surface area contributed by atoms with Gasteiger partial charge in [0.1, 0.15) is 5.54 Å². The zero-order valence-electron chi connectivity index (χ0n) is 14.8. The molecule has 5 nitrogen and oxygen atoms in total. The number of hydrogen-bond donors (Lipinski definition) is 0. The number of carbonyl (C=O) groups is 2. The van der Waals surface area contributed by atoms with Crippen molar-refractivity contribution in [3.05, 3.63) is 41.5 Å². The van der Waals surface area contributed by atoms with Gasteiger partial charge in [-0.1, -0.05) is 49.1 Å². The van der Waals surface area contributed by atoms with Crippen molar-refractivity contribution in [3.63, 3.8) is 0 Å². The third-order valence-corrected chi connectivity index (χ3v) is 4.70. The fourth-order valence-electron chi connectivity index (χ4n) is 3.11. The zero-order valence-corrected chi connectivity index (χ0v) is 14.8. The molecule has 0 heterocycles. The molecule has 0 aliphatic heterocycles. The number of amides is 1. The predicted octanol–water partition coefficient (Wildman–Crippen LogP) is 3.24. The van der Waals surface area contributed by atoms with E-state index in [2.05, 4.69) is 6.07 Å². The van der Waals surface area contributed by atoms with E-state index in [-0.39, 0.29) is 12.5 Å². The number of benzene rings is 1. The third-order valence-electron chi connectivity index (χ3n) is 4.70. The Morgan fingerprint density at radius 2 is 2.04 bits per heavy atom. The minimum atomic E-state index is -0.765. The molecule has 2 rings (SSSR count). The molecule has 0 bridgehead atoms. The molecule has 5 heteroatoms. The lowest BCUT2D eigenvalue weighted by molar-refractivity contribution is -0.150. The van der Waals surface area contributed by atoms with Gasteiger partial charge in [0, 0.05) is 13.1 Å². The van der Waals surface area contributed by atoms with E-state index in [9.17, 15) is 14.9 Å². The monoisotopic (exact) mass is 340 g/mol. The topological polar surface area (TPSA) is 70.4 Å². The van der Waals surface area contributed by atoms with Gasteiger partial charge in [-0.2, -0.15) is 5.26 Å². The highest BCUT2D eigenvalue weighted by molar-refractivity contribution is 5.89. The number of carbonyl (C=O) groups excluding carboxylic acids is 2. The molecule has 0 aromatic heterocycles. The molecule has 1 aromatic rings. The van der Waals surface area contributed by atoms with E-state index in [1.165, 1.54) is 11.0 Å². The number of aryl methyl sites for hydroxylation is 1. The van der Waals surface area contributed by atoms with E-state index < -0.39 is 11.5 Å². The molecule has 0 N–H and O–H groups in total. The molecule has 0 unspecified atom stereocenters. The molecule has 1 amide bonds. The van der Waals surface area contributed by atoms with Crippen molar-refractivity contribution in [1.29, 1.82) is 5.26 Å². The quantitative estimate of drug-likeness (QED) is 0.609. The highest BCUT2D eigenvalue weighted by Crippen LogP contribution is 2.32. The van der Waals surface area contributed by atoms with Crippen molar-refractivity contribution in [2.75, 3.05) is 13.7 Å². The Hall–Kier alpha value is -2.61. The first-order valence-corrected chi connectivity index (χ1v) is 8.56. The molecular formula is C20H24N2O3. The summed E-state index contributed by atoms with van der Waals surface area (Å²) < 4.78 is 5.03. The summed E-state index contributed by atoms with van der Waals surface area (Å²) in [5, 5.41) is 9.51. The van der Waals surface area contributed by atoms with E-state index in [0.29, 0.717) is 12.8 Å². The second-order valence-electron chi connectivity index (χ2n) is 6.51. The largest absolute Gasteiger partial charge is 0.452 e. The first-order chi connectivity index (χ1) is 12.0. The molecule has 1 aliphatic carbocycles. The molecule has 0 saturated heterocycles. The lowest BCUT2D eigenvalue weighted by Gasteiger charge is -2.38. The van der Waals surface area contributed by atoms with Crippen LogP contribution in [-0.2, 0) is 14.3 Å². The Morgan fingerprint density at radius 3 is 2.68 bits per heavy atom. The molecule has 1 fully saturated rings. The van der Waals surface area contributed by atoms with Gasteiger partial charge in [-0.25, -0.2) is 4.79 Å². The number of nitrogens with zero attached hydrogens (tertiary/aromatic N) is 2. The maximum absolute atomic E-state index is 12.3. The lowest BCUT2D eigenvalue weighted by atomic mass is 9.81. The lowest BCUT2D eigenvalue weighted by Crippen LogP contribution is -2.51. The Labute approximate surface area is 148 Å². The SMILES string of the molecule is Cc1cccc(/C=C/C(=O)OCC(=O)N(C)C2(C#N)CCCCC2)c1. The first-order valence-electron chi connectivity index (χ1n) is 8.56. The standard InChI is InChI=1S/C20H24N2O3/c1-16-7-6-8-17(13-16)9-10-19(24)25-14-18(23)22(2)20(15-21)11-4-3-5-12-20/h6-10,13H,3-5,11-12,14H2,1-2H3/b10-9+. The highest BCUT2D eigenvalue weighted by Gasteiger charge is 2.38. The van der Waals surface area contributed by atoms with Gasteiger partial charge in [-0.15, -0.1) is 0 Å². The van der Waals surface area contributed by atoms with Gasteiger partial charge >= 0.3 is 5.97 Å². The molecule has 1 saturated carbocycles. The van der Waals surface area contributed by atoms with E-state index >= 15 is 0 Å². The highest BCUT2D eigenvalue weighted by atomic mass is 16.5. The van der Waals surface area contributed by atoms with Crippen molar-refractivity contribution in [2.24, 2.45) is 0 Å². The molecule has 1 aromatic carbocycles. The number of esters is 1. The summed E-state index contributed by atoms with van der Waals surface area (Å²) in [5.41, 5.74) is 1.23. The summed E-state index contributed by atoms with van der Waals surface area (Å²) in [4.78, 5) is 25.6. The average Bonchev–Trinajstić information content (AvgIpc) is 2.64. The maximum atomic E-state index is 12.3. The number of rotatable bonds is 5. The Morgan fingerprint density at radius 1 is 1.32 bits per heavy atom. The summed E-state index contributed by atoms with van der Waals surface area (Å²) in [6, 6.07) is 10.00. The summed E-state index contributed by atoms with van der Waals surface area (Å²) in [6.07, 6.45) is 7.27. The fourth-order valence-corrected chi connectivity index (χ4v) is 3.11. The summed E-state index contributed by atoms with van der Waals surface area (Å²) in [6.45, 7) is 1.62. The molecule has 132 valence electrons. The molecule has 0 atom stereocenters. The van der Waals surface area contributed by atoms with Crippen molar-refractivity contribution in [1.82, 2.24) is 4.90 Å². The molecule has 1 aliphatic rings.